The van der Waals surface area contributed by atoms with Crippen molar-refractivity contribution in [2.45, 2.75) is 57.5 Å². The largest absolute Gasteiger partial charge is 0.337 e. The molecule has 1 atom stereocenters. The third-order valence-electron chi connectivity index (χ3n) is 5.17. The Hall–Kier alpha value is -2.05. The summed E-state index contributed by atoms with van der Waals surface area (Å²) in [5, 5.41) is 6.96. The second-order valence-corrected chi connectivity index (χ2v) is 6.92. The topological polar surface area (TPSA) is 70.5 Å². The number of carbonyl (C=O) groups excluding carboxylic acids is 2. The number of nitrogens with one attached hydrogen (secondary N) is 1. The predicted octanol–water partition coefficient (Wildman–Crippen LogP) is 2.21. The van der Waals surface area contributed by atoms with Crippen LogP contribution in [0.5, 0.6) is 0 Å². The van der Waals surface area contributed by atoms with Crippen molar-refractivity contribution in [2.75, 3.05) is 18.4 Å². The minimum atomic E-state index is -0.0818. The molecule has 1 aliphatic carbocycles. The van der Waals surface area contributed by atoms with E-state index >= 15 is 0 Å². The number of hydrogen-bond acceptors (Lipinski definition) is 3. The molecule has 1 saturated carbocycles. The number of aromatic nitrogens is 2. The van der Waals surface area contributed by atoms with Crippen LogP contribution in [-0.2, 0) is 11.8 Å². The molecular weight excluding hydrogens is 306 g/mol. The first-order valence-corrected chi connectivity index (χ1v) is 8.88. The van der Waals surface area contributed by atoms with Crippen LogP contribution in [0.1, 0.15) is 45.4 Å². The maximum atomic E-state index is 12.4. The first kappa shape index (κ1) is 16.8. The molecule has 0 aromatic carbocycles. The molecule has 1 N–H and O–H groups in total. The quantitative estimate of drug-likeness (QED) is 0.922. The van der Waals surface area contributed by atoms with Gasteiger partial charge in [-0.3, -0.25) is 9.48 Å². The molecule has 0 unspecified atom stereocenters. The number of aryl methyl sites for hydroxylation is 1. The van der Waals surface area contributed by atoms with Gasteiger partial charge in [-0.2, -0.15) is 5.10 Å². The lowest BCUT2D eigenvalue weighted by atomic mass is 9.89. The first-order valence-electron chi connectivity index (χ1n) is 8.88. The van der Waals surface area contributed by atoms with Gasteiger partial charge >= 0.3 is 6.03 Å². The molecule has 2 aliphatic rings. The number of anilines is 1. The van der Waals surface area contributed by atoms with Crippen LogP contribution < -0.4 is 5.32 Å². The van der Waals surface area contributed by atoms with Gasteiger partial charge in [0.2, 0.25) is 5.91 Å². The summed E-state index contributed by atoms with van der Waals surface area (Å²) in [4.78, 5) is 28.5. The Balaban J connectivity index is 1.57. The zero-order valence-corrected chi connectivity index (χ0v) is 14.6. The van der Waals surface area contributed by atoms with Gasteiger partial charge in [0, 0.05) is 45.3 Å². The molecule has 1 saturated heterocycles. The molecule has 3 amide bonds. The molecular formula is C17H27N5O2. The Morgan fingerprint density at radius 1 is 1.17 bits per heavy atom. The summed E-state index contributed by atoms with van der Waals surface area (Å²) < 4.78 is 1.66. The van der Waals surface area contributed by atoms with E-state index in [1.54, 1.807) is 24.0 Å². The second-order valence-electron chi connectivity index (χ2n) is 6.92. The summed E-state index contributed by atoms with van der Waals surface area (Å²) in [6.45, 7) is 3.10. The number of hydrogen-bond donors (Lipinski definition) is 1. The van der Waals surface area contributed by atoms with Crippen LogP contribution >= 0.6 is 0 Å². The van der Waals surface area contributed by atoms with Crippen molar-refractivity contribution >= 4 is 17.6 Å². The van der Waals surface area contributed by atoms with Crippen LogP contribution in [0.15, 0.2) is 12.4 Å². The minimum Gasteiger partial charge on any atom is -0.337 e. The Morgan fingerprint density at radius 3 is 2.46 bits per heavy atom. The first-order chi connectivity index (χ1) is 11.5. The SMILES string of the molecule is CC(=O)N(C1CCC1)[C@@H]1CCCN(C(=O)Nc2cnn(C)c2)CC1. The number of urea groups is 1. The zero-order chi connectivity index (χ0) is 17.1. The van der Waals surface area contributed by atoms with Gasteiger partial charge in [-0.1, -0.05) is 0 Å². The smallest absolute Gasteiger partial charge is 0.321 e. The van der Waals surface area contributed by atoms with Crippen LogP contribution in [0.3, 0.4) is 0 Å². The third-order valence-corrected chi connectivity index (χ3v) is 5.17. The molecule has 24 heavy (non-hydrogen) atoms. The van der Waals surface area contributed by atoms with E-state index < -0.39 is 0 Å². The third kappa shape index (κ3) is 3.71. The van der Waals surface area contributed by atoms with Crippen LogP contribution in [0, 0.1) is 0 Å². The molecule has 0 radical (unpaired) electrons. The summed E-state index contributed by atoms with van der Waals surface area (Å²) in [7, 11) is 1.82. The zero-order valence-electron chi connectivity index (χ0n) is 14.6. The summed E-state index contributed by atoms with van der Waals surface area (Å²) >= 11 is 0. The van der Waals surface area contributed by atoms with E-state index in [1.807, 2.05) is 11.9 Å². The van der Waals surface area contributed by atoms with Crippen LogP contribution in [0.4, 0.5) is 10.5 Å². The van der Waals surface area contributed by atoms with E-state index in [2.05, 4.69) is 15.3 Å². The molecule has 2 fully saturated rings. The minimum absolute atomic E-state index is 0.0818. The van der Waals surface area contributed by atoms with E-state index in [1.165, 1.54) is 6.42 Å². The highest BCUT2D eigenvalue weighted by atomic mass is 16.2. The standard InChI is InChI=1S/C17H27N5O2/c1-13(23)22(15-5-3-6-15)16-7-4-9-21(10-8-16)17(24)19-14-11-18-20(2)12-14/h11-12,15-16H,3-10H2,1-2H3,(H,19,24)/t16-/m1/s1. The Kier molecular flexibility index (Phi) is 5.06. The van der Waals surface area contributed by atoms with E-state index in [4.69, 9.17) is 0 Å². The number of likely N-dealkylation sites (tertiary alicyclic amines) is 1. The summed E-state index contributed by atoms with van der Waals surface area (Å²) in [6.07, 6.45) is 9.67. The van der Waals surface area contributed by atoms with Crippen molar-refractivity contribution < 1.29 is 9.59 Å². The Labute approximate surface area is 143 Å². The summed E-state index contributed by atoms with van der Waals surface area (Å²) in [6, 6.07) is 0.605. The van der Waals surface area contributed by atoms with Gasteiger partial charge in [-0.15, -0.1) is 0 Å². The van der Waals surface area contributed by atoms with Gasteiger partial charge in [-0.05, 0) is 38.5 Å². The highest BCUT2D eigenvalue weighted by Crippen LogP contribution is 2.30. The normalized spacial score (nSPS) is 21.8. The van der Waals surface area contributed by atoms with Gasteiger partial charge in [0.1, 0.15) is 0 Å². The average Bonchev–Trinajstić information content (AvgIpc) is 2.75. The Morgan fingerprint density at radius 2 is 1.88 bits per heavy atom. The molecule has 1 aliphatic heterocycles. The van der Waals surface area contributed by atoms with Crippen molar-refractivity contribution in [3.8, 4) is 0 Å². The second kappa shape index (κ2) is 7.23. The molecule has 7 heteroatoms. The van der Waals surface area contributed by atoms with Gasteiger partial charge in [0.05, 0.1) is 11.9 Å². The van der Waals surface area contributed by atoms with Crippen LogP contribution in [-0.4, -0.2) is 56.7 Å². The van der Waals surface area contributed by atoms with Crippen molar-refractivity contribution in [3.63, 3.8) is 0 Å². The summed E-state index contributed by atoms with van der Waals surface area (Å²) in [5.74, 6) is 0.179. The number of nitrogens with zero attached hydrogens (tertiary/aromatic N) is 4. The number of amides is 3. The molecule has 7 nitrogen and oxygen atoms in total. The van der Waals surface area contributed by atoms with Crippen molar-refractivity contribution in [3.05, 3.63) is 12.4 Å². The van der Waals surface area contributed by atoms with E-state index in [9.17, 15) is 9.59 Å². The molecule has 1 aromatic heterocycles. The maximum absolute atomic E-state index is 12.4. The number of carbonyl (C=O) groups is 2. The fourth-order valence-electron chi connectivity index (χ4n) is 3.73. The highest BCUT2D eigenvalue weighted by Gasteiger charge is 2.33. The van der Waals surface area contributed by atoms with E-state index in [-0.39, 0.29) is 18.0 Å². The van der Waals surface area contributed by atoms with Gasteiger partial charge < -0.3 is 15.1 Å². The molecule has 2 heterocycles. The lowest BCUT2D eigenvalue weighted by Crippen LogP contribution is -2.49. The van der Waals surface area contributed by atoms with Gasteiger partial charge in [-0.25, -0.2) is 4.79 Å². The average molecular weight is 333 g/mol. The fourth-order valence-corrected chi connectivity index (χ4v) is 3.73. The van der Waals surface area contributed by atoms with E-state index in [0.29, 0.717) is 18.3 Å². The monoisotopic (exact) mass is 333 g/mol. The molecule has 1 aromatic rings. The lowest BCUT2D eigenvalue weighted by Gasteiger charge is -2.42. The van der Waals surface area contributed by atoms with Crippen LogP contribution in [0.25, 0.3) is 0 Å². The van der Waals surface area contributed by atoms with Crippen molar-refractivity contribution in [2.24, 2.45) is 7.05 Å². The van der Waals surface area contributed by atoms with Crippen molar-refractivity contribution in [1.82, 2.24) is 19.6 Å². The van der Waals surface area contributed by atoms with Gasteiger partial charge in [0.15, 0.2) is 0 Å². The van der Waals surface area contributed by atoms with Crippen LogP contribution in [0.2, 0.25) is 0 Å². The number of rotatable bonds is 3. The lowest BCUT2D eigenvalue weighted by molar-refractivity contribution is -0.136. The van der Waals surface area contributed by atoms with Crippen molar-refractivity contribution in [1.29, 1.82) is 0 Å². The highest BCUT2D eigenvalue weighted by molar-refractivity contribution is 5.89. The van der Waals surface area contributed by atoms with E-state index in [0.717, 1.165) is 38.6 Å². The summed E-state index contributed by atoms with van der Waals surface area (Å²) in [5.41, 5.74) is 0.711. The predicted molar refractivity (Wildman–Crippen MR) is 91.6 cm³/mol. The fraction of sp³-hybridized carbons (Fsp3) is 0.706. The molecule has 132 valence electrons. The molecule has 0 spiro atoms. The molecule has 0 bridgehead atoms. The maximum Gasteiger partial charge on any atom is 0.321 e. The Bertz CT molecular complexity index is 596. The van der Waals surface area contributed by atoms with Gasteiger partial charge in [0.25, 0.3) is 0 Å². The molecule has 3 rings (SSSR count).